The third kappa shape index (κ3) is 4.51. The van der Waals surface area contributed by atoms with Crippen molar-refractivity contribution in [3.05, 3.63) is 94.7 Å². The Morgan fingerprint density at radius 2 is 1.77 bits per heavy atom. The Morgan fingerprint density at radius 3 is 2.49 bits per heavy atom. The Hall–Kier alpha value is -4.44. The number of H-pyrrole nitrogens is 1. The molecule has 174 valence electrons. The molecule has 1 atom stereocenters. The summed E-state index contributed by atoms with van der Waals surface area (Å²) < 4.78 is 0. The smallest absolute Gasteiger partial charge is 0.269 e. The number of hydrogen-bond acceptors (Lipinski definition) is 6. The minimum Gasteiger partial charge on any atom is -0.361 e. The molecule has 1 aromatic heterocycles. The van der Waals surface area contributed by atoms with Crippen molar-refractivity contribution in [1.29, 1.82) is 0 Å². The number of carbonyl (C=O) groups excluding carboxylic acids is 3. The molecule has 10 heteroatoms. The van der Waals surface area contributed by atoms with E-state index < -0.39 is 16.1 Å². The van der Waals surface area contributed by atoms with Crippen LogP contribution in [0, 0.1) is 10.1 Å². The second-order valence-electron chi connectivity index (χ2n) is 7.91. The summed E-state index contributed by atoms with van der Waals surface area (Å²) in [5.74, 6) is -0.904. The van der Waals surface area contributed by atoms with Gasteiger partial charge in [-0.1, -0.05) is 6.07 Å². The van der Waals surface area contributed by atoms with E-state index in [9.17, 15) is 24.5 Å². The number of fused-ring (bicyclic) bond motifs is 1. The maximum absolute atomic E-state index is 13.0. The molecule has 3 amide bonds. The molecule has 9 nitrogen and oxygen atoms in total. The van der Waals surface area contributed by atoms with Crippen LogP contribution in [-0.2, 0) is 9.59 Å². The fourth-order valence-corrected chi connectivity index (χ4v) is 4.92. The van der Waals surface area contributed by atoms with Crippen molar-refractivity contribution >= 4 is 57.4 Å². The van der Waals surface area contributed by atoms with Gasteiger partial charge in [-0.25, -0.2) is 4.90 Å². The van der Waals surface area contributed by atoms with E-state index in [4.69, 9.17) is 0 Å². The standard InChI is InChI=1S/C25H18N4O5S/c30-23-14-22(25(32)28(23)19-8-1-15-11-12-26-21(15)13-19)35-20-9-4-17(5-10-20)27-24(31)16-2-6-18(7-3-16)29(33)34/h1-13,22,26H,14H2,(H,27,31). The lowest BCUT2D eigenvalue weighted by molar-refractivity contribution is -0.384. The zero-order valence-electron chi connectivity index (χ0n) is 18.1. The first-order valence-electron chi connectivity index (χ1n) is 10.7. The average molecular weight is 487 g/mol. The van der Waals surface area contributed by atoms with E-state index in [0.29, 0.717) is 16.9 Å². The van der Waals surface area contributed by atoms with Gasteiger partial charge in [0.1, 0.15) is 0 Å². The molecule has 1 unspecified atom stereocenters. The highest BCUT2D eigenvalue weighted by Crippen LogP contribution is 2.35. The Labute approximate surface area is 203 Å². The van der Waals surface area contributed by atoms with E-state index in [1.165, 1.54) is 40.9 Å². The molecule has 3 aromatic carbocycles. The molecule has 0 spiro atoms. The highest BCUT2D eigenvalue weighted by atomic mass is 32.2. The molecule has 0 saturated carbocycles. The van der Waals surface area contributed by atoms with Crippen LogP contribution < -0.4 is 10.2 Å². The number of nitrogens with zero attached hydrogens (tertiary/aromatic N) is 2. The number of nitro groups is 1. The molecule has 1 aliphatic rings. The maximum atomic E-state index is 13.0. The van der Waals surface area contributed by atoms with E-state index in [-0.39, 0.29) is 23.9 Å². The SMILES string of the molecule is O=C(Nc1ccc(SC2CC(=O)N(c3ccc4cc[nH]c4c3)C2=O)cc1)c1ccc([N+](=O)[O-])cc1. The molecule has 0 bridgehead atoms. The van der Waals surface area contributed by atoms with Crippen LogP contribution in [0.15, 0.2) is 83.9 Å². The lowest BCUT2D eigenvalue weighted by Gasteiger charge is -2.15. The van der Waals surface area contributed by atoms with E-state index >= 15 is 0 Å². The molecule has 35 heavy (non-hydrogen) atoms. The van der Waals surface area contributed by atoms with Crippen molar-refractivity contribution in [1.82, 2.24) is 4.98 Å². The zero-order chi connectivity index (χ0) is 24.5. The second kappa shape index (κ2) is 9.07. The molecule has 5 rings (SSSR count). The van der Waals surface area contributed by atoms with Gasteiger partial charge in [0.25, 0.3) is 11.6 Å². The Kier molecular flexibility index (Phi) is 5.79. The van der Waals surface area contributed by atoms with Crippen LogP contribution >= 0.6 is 11.8 Å². The number of nitro benzene ring substituents is 1. The van der Waals surface area contributed by atoms with Crippen LogP contribution in [0.25, 0.3) is 10.9 Å². The first-order valence-corrected chi connectivity index (χ1v) is 11.5. The van der Waals surface area contributed by atoms with Gasteiger partial charge in [-0.15, -0.1) is 11.8 Å². The summed E-state index contributed by atoms with van der Waals surface area (Å²) in [6, 6.07) is 19.6. The quantitative estimate of drug-likeness (QED) is 0.230. The van der Waals surface area contributed by atoms with Crippen LogP contribution in [0.3, 0.4) is 0 Å². The summed E-state index contributed by atoms with van der Waals surface area (Å²) in [7, 11) is 0. The van der Waals surface area contributed by atoms with Crippen molar-refractivity contribution < 1.29 is 19.3 Å². The van der Waals surface area contributed by atoms with Crippen molar-refractivity contribution in [3.8, 4) is 0 Å². The van der Waals surface area contributed by atoms with Crippen molar-refractivity contribution in [3.63, 3.8) is 0 Å². The number of carbonyl (C=O) groups is 3. The van der Waals surface area contributed by atoms with Gasteiger partial charge in [0.15, 0.2) is 0 Å². The molecule has 1 saturated heterocycles. The van der Waals surface area contributed by atoms with E-state index in [2.05, 4.69) is 10.3 Å². The van der Waals surface area contributed by atoms with Gasteiger partial charge in [0.2, 0.25) is 11.8 Å². The fraction of sp³-hybridized carbons (Fsp3) is 0.0800. The van der Waals surface area contributed by atoms with Gasteiger partial charge < -0.3 is 10.3 Å². The van der Waals surface area contributed by atoms with Crippen LogP contribution in [0.1, 0.15) is 16.8 Å². The number of thioether (sulfide) groups is 1. The summed E-state index contributed by atoms with van der Waals surface area (Å²) in [6.45, 7) is 0. The number of amides is 3. The third-order valence-corrected chi connectivity index (χ3v) is 6.83. The van der Waals surface area contributed by atoms with Crippen molar-refractivity contribution in [2.24, 2.45) is 0 Å². The van der Waals surface area contributed by atoms with Gasteiger partial charge >= 0.3 is 0 Å². The number of rotatable bonds is 6. The number of benzene rings is 3. The van der Waals surface area contributed by atoms with E-state index in [0.717, 1.165) is 15.8 Å². The molecule has 2 heterocycles. The number of non-ortho nitro benzene ring substituents is 1. The minimum absolute atomic E-state index is 0.0914. The molecule has 4 aromatic rings. The number of aromatic nitrogens is 1. The number of imide groups is 1. The van der Waals surface area contributed by atoms with Crippen LogP contribution in [-0.4, -0.2) is 32.9 Å². The predicted molar refractivity (Wildman–Crippen MR) is 133 cm³/mol. The molecular weight excluding hydrogens is 468 g/mol. The topological polar surface area (TPSA) is 125 Å². The van der Waals surface area contributed by atoms with Crippen molar-refractivity contribution in [2.75, 3.05) is 10.2 Å². The summed E-state index contributed by atoms with van der Waals surface area (Å²) in [5, 5.41) is 13.9. The monoisotopic (exact) mass is 486 g/mol. The molecule has 1 fully saturated rings. The summed E-state index contributed by atoms with van der Waals surface area (Å²) >= 11 is 1.30. The third-order valence-electron chi connectivity index (χ3n) is 5.63. The van der Waals surface area contributed by atoms with Gasteiger partial charge in [-0.3, -0.25) is 24.5 Å². The largest absolute Gasteiger partial charge is 0.361 e. The molecule has 0 aliphatic carbocycles. The highest BCUT2D eigenvalue weighted by molar-refractivity contribution is 8.00. The van der Waals surface area contributed by atoms with Crippen LogP contribution in [0.4, 0.5) is 17.1 Å². The first-order chi connectivity index (χ1) is 16.9. The predicted octanol–water partition coefficient (Wildman–Crippen LogP) is 4.75. The van der Waals surface area contributed by atoms with Crippen LogP contribution in [0.2, 0.25) is 0 Å². The van der Waals surface area contributed by atoms with Gasteiger partial charge in [0.05, 0.1) is 15.9 Å². The summed E-state index contributed by atoms with van der Waals surface area (Å²) in [4.78, 5) is 53.4. The second-order valence-corrected chi connectivity index (χ2v) is 9.19. The fourth-order valence-electron chi connectivity index (χ4n) is 3.86. The Balaban J connectivity index is 1.23. The van der Waals surface area contributed by atoms with Gasteiger partial charge in [-0.2, -0.15) is 0 Å². The molecule has 0 radical (unpaired) electrons. The van der Waals surface area contributed by atoms with Crippen molar-refractivity contribution in [2.45, 2.75) is 16.6 Å². The van der Waals surface area contributed by atoms with E-state index in [1.807, 2.05) is 12.1 Å². The Morgan fingerprint density at radius 1 is 1.03 bits per heavy atom. The lowest BCUT2D eigenvalue weighted by Crippen LogP contribution is -2.31. The number of hydrogen-bond donors (Lipinski definition) is 2. The van der Waals surface area contributed by atoms with Gasteiger partial charge in [-0.05, 0) is 60.0 Å². The van der Waals surface area contributed by atoms with Gasteiger partial charge in [0, 0.05) is 46.4 Å². The van der Waals surface area contributed by atoms with E-state index in [1.54, 1.807) is 42.6 Å². The maximum Gasteiger partial charge on any atom is 0.269 e. The van der Waals surface area contributed by atoms with Crippen LogP contribution in [0.5, 0.6) is 0 Å². The molecule has 1 aliphatic heterocycles. The Bertz CT molecular complexity index is 1460. The number of anilines is 2. The zero-order valence-corrected chi connectivity index (χ0v) is 19.0. The number of nitrogens with one attached hydrogen (secondary N) is 2. The number of aromatic amines is 1. The molecular formula is C25H18N4O5S. The molecule has 2 N–H and O–H groups in total. The minimum atomic E-state index is -0.539. The average Bonchev–Trinajstić information content (AvgIpc) is 3.43. The summed E-state index contributed by atoms with van der Waals surface area (Å²) in [6.07, 6.45) is 1.91. The first kappa shape index (κ1) is 22.4. The summed E-state index contributed by atoms with van der Waals surface area (Å²) in [5.41, 5.74) is 2.13. The highest BCUT2D eigenvalue weighted by Gasteiger charge is 2.40. The lowest BCUT2D eigenvalue weighted by atomic mass is 10.2. The normalized spacial score (nSPS) is 15.5.